The molecule has 0 aromatic heterocycles. The molecule has 0 amide bonds. The van der Waals surface area contributed by atoms with Crippen molar-refractivity contribution in [3.05, 3.63) is 27.7 Å². The zero-order chi connectivity index (χ0) is 13.4. The molecule has 0 saturated heterocycles. The summed E-state index contributed by atoms with van der Waals surface area (Å²) in [6, 6.07) is 5.69. The smallest absolute Gasteiger partial charge is 0.139 e. The zero-order valence-electron chi connectivity index (χ0n) is 11.0. The van der Waals surface area contributed by atoms with Crippen LogP contribution in [0.3, 0.4) is 0 Å². The molecule has 0 heterocycles. The van der Waals surface area contributed by atoms with Gasteiger partial charge >= 0.3 is 0 Å². The van der Waals surface area contributed by atoms with Crippen molar-refractivity contribution in [1.29, 1.82) is 0 Å². The molecule has 0 aliphatic heterocycles. The molecule has 1 unspecified atom stereocenters. The van der Waals surface area contributed by atoms with Crippen LogP contribution in [0.2, 0.25) is 5.02 Å². The van der Waals surface area contributed by atoms with Gasteiger partial charge in [0.25, 0.3) is 0 Å². The molecule has 0 bridgehead atoms. The molecule has 2 nitrogen and oxygen atoms in total. The van der Waals surface area contributed by atoms with Crippen LogP contribution < -0.4 is 10.1 Å². The molecule has 0 spiro atoms. The first-order chi connectivity index (χ1) is 8.67. The Morgan fingerprint density at radius 3 is 2.78 bits per heavy atom. The lowest BCUT2D eigenvalue weighted by molar-refractivity contribution is 0.186. The molecule has 0 aliphatic rings. The Morgan fingerprint density at radius 1 is 1.33 bits per heavy atom. The monoisotopic (exact) mass is 333 g/mol. The first-order valence-electron chi connectivity index (χ1n) is 6.49. The highest BCUT2D eigenvalue weighted by Gasteiger charge is 2.11. The van der Waals surface area contributed by atoms with Gasteiger partial charge in [-0.1, -0.05) is 47.8 Å². The highest BCUT2D eigenvalue weighted by atomic mass is 79.9. The molecular formula is C14H21BrClNO. The van der Waals surface area contributed by atoms with Crippen molar-refractivity contribution >= 4 is 27.5 Å². The van der Waals surface area contributed by atoms with E-state index in [2.05, 4.69) is 35.1 Å². The van der Waals surface area contributed by atoms with E-state index in [-0.39, 0.29) is 6.10 Å². The third kappa shape index (κ3) is 5.59. The van der Waals surface area contributed by atoms with Crippen LogP contribution in [0.4, 0.5) is 0 Å². The van der Waals surface area contributed by atoms with E-state index < -0.39 is 0 Å². The maximum atomic E-state index is 6.14. The van der Waals surface area contributed by atoms with Crippen molar-refractivity contribution in [2.75, 3.05) is 13.1 Å². The second kappa shape index (κ2) is 8.78. The van der Waals surface area contributed by atoms with Gasteiger partial charge in [-0.2, -0.15) is 0 Å². The highest BCUT2D eigenvalue weighted by molar-refractivity contribution is 9.10. The summed E-state index contributed by atoms with van der Waals surface area (Å²) >= 11 is 9.57. The minimum absolute atomic E-state index is 0.174. The fraction of sp³-hybridized carbons (Fsp3) is 0.571. The highest BCUT2D eigenvalue weighted by Crippen LogP contribution is 2.29. The van der Waals surface area contributed by atoms with Gasteiger partial charge in [0.1, 0.15) is 11.9 Å². The van der Waals surface area contributed by atoms with Gasteiger partial charge in [-0.25, -0.2) is 0 Å². The predicted molar refractivity (Wildman–Crippen MR) is 81.6 cm³/mol. The van der Waals surface area contributed by atoms with Gasteiger partial charge in [-0.3, -0.25) is 0 Å². The third-order valence-corrected chi connectivity index (χ3v) is 3.40. The number of ether oxygens (including phenoxy) is 1. The summed E-state index contributed by atoms with van der Waals surface area (Å²) in [4.78, 5) is 0. The van der Waals surface area contributed by atoms with E-state index in [1.54, 1.807) is 0 Å². The number of halogens is 2. The van der Waals surface area contributed by atoms with Gasteiger partial charge in [-0.05, 0) is 37.6 Å². The number of benzene rings is 1. The molecule has 18 heavy (non-hydrogen) atoms. The number of hydrogen-bond acceptors (Lipinski definition) is 2. The molecule has 0 fully saturated rings. The van der Waals surface area contributed by atoms with Crippen LogP contribution in [0.1, 0.15) is 33.1 Å². The lowest BCUT2D eigenvalue weighted by atomic mass is 10.2. The fourth-order valence-electron chi connectivity index (χ4n) is 1.71. The summed E-state index contributed by atoms with van der Waals surface area (Å²) in [6.07, 6.45) is 3.44. The fourth-order valence-corrected chi connectivity index (χ4v) is 2.21. The maximum absolute atomic E-state index is 6.14. The lowest BCUT2D eigenvalue weighted by Gasteiger charge is -2.20. The topological polar surface area (TPSA) is 21.3 Å². The predicted octanol–water partition coefficient (Wildman–Crippen LogP) is 4.65. The second-order valence-corrected chi connectivity index (χ2v) is 5.63. The van der Waals surface area contributed by atoms with Crippen LogP contribution in [-0.4, -0.2) is 19.2 Å². The molecule has 1 atom stereocenters. The van der Waals surface area contributed by atoms with Gasteiger partial charge in [0, 0.05) is 11.0 Å². The average molecular weight is 335 g/mol. The van der Waals surface area contributed by atoms with Crippen LogP contribution in [0, 0.1) is 0 Å². The lowest BCUT2D eigenvalue weighted by Crippen LogP contribution is -2.31. The third-order valence-electron chi connectivity index (χ3n) is 2.60. The molecule has 1 N–H and O–H groups in total. The van der Waals surface area contributed by atoms with Crippen LogP contribution in [0.25, 0.3) is 0 Å². The Morgan fingerprint density at radius 2 is 2.11 bits per heavy atom. The molecule has 102 valence electrons. The largest absolute Gasteiger partial charge is 0.488 e. The van der Waals surface area contributed by atoms with Gasteiger partial charge < -0.3 is 10.1 Å². The zero-order valence-corrected chi connectivity index (χ0v) is 13.4. The van der Waals surface area contributed by atoms with Crippen molar-refractivity contribution in [2.24, 2.45) is 0 Å². The molecule has 1 rings (SSSR count). The van der Waals surface area contributed by atoms with Crippen LogP contribution in [0.5, 0.6) is 5.75 Å². The molecule has 0 saturated carbocycles. The molecular weight excluding hydrogens is 314 g/mol. The average Bonchev–Trinajstić information content (AvgIpc) is 2.34. The summed E-state index contributed by atoms with van der Waals surface area (Å²) in [5.41, 5.74) is 0. The minimum Gasteiger partial charge on any atom is -0.488 e. The van der Waals surface area contributed by atoms with Crippen LogP contribution >= 0.6 is 27.5 Å². The Hall–Kier alpha value is -0.250. The summed E-state index contributed by atoms with van der Waals surface area (Å²) in [6.45, 7) is 6.22. The van der Waals surface area contributed by atoms with Crippen molar-refractivity contribution in [3.63, 3.8) is 0 Å². The molecule has 0 radical (unpaired) electrons. The van der Waals surface area contributed by atoms with Gasteiger partial charge in [0.05, 0.1) is 5.02 Å². The van der Waals surface area contributed by atoms with Gasteiger partial charge in [0.15, 0.2) is 0 Å². The van der Waals surface area contributed by atoms with E-state index in [0.717, 1.165) is 42.6 Å². The second-order valence-electron chi connectivity index (χ2n) is 4.31. The van der Waals surface area contributed by atoms with E-state index in [4.69, 9.17) is 16.3 Å². The van der Waals surface area contributed by atoms with E-state index in [9.17, 15) is 0 Å². The first kappa shape index (κ1) is 15.8. The van der Waals surface area contributed by atoms with E-state index in [1.165, 1.54) is 0 Å². The van der Waals surface area contributed by atoms with E-state index in [1.807, 2.05) is 18.2 Å². The summed E-state index contributed by atoms with van der Waals surface area (Å²) < 4.78 is 6.97. The van der Waals surface area contributed by atoms with Gasteiger partial charge in [-0.15, -0.1) is 0 Å². The van der Waals surface area contributed by atoms with E-state index in [0.29, 0.717) is 5.02 Å². The van der Waals surface area contributed by atoms with E-state index >= 15 is 0 Å². The Bertz CT molecular complexity index is 360. The number of hydrogen-bond donors (Lipinski definition) is 1. The molecule has 0 aliphatic carbocycles. The maximum Gasteiger partial charge on any atom is 0.139 e. The standard InChI is InChI=1S/C14H21BrClNO/c1-3-5-12(10-17-8-4-2)18-14-9-11(15)6-7-13(14)16/h6-7,9,12,17H,3-5,8,10H2,1-2H3. The normalized spacial score (nSPS) is 12.4. The Kier molecular flexibility index (Phi) is 7.71. The van der Waals surface area contributed by atoms with Crippen LogP contribution in [0.15, 0.2) is 22.7 Å². The number of nitrogens with one attached hydrogen (secondary N) is 1. The summed E-state index contributed by atoms with van der Waals surface area (Å²) in [7, 11) is 0. The quantitative estimate of drug-likeness (QED) is 0.699. The number of rotatable bonds is 8. The van der Waals surface area contributed by atoms with Crippen molar-refractivity contribution in [3.8, 4) is 5.75 Å². The minimum atomic E-state index is 0.174. The Labute approximate surface area is 123 Å². The van der Waals surface area contributed by atoms with Crippen molar-refractivity contribution < 1.29 is 4.74 Å². The van der Waals surface area contributed by atoms with Crippen molar-refractivity contribution in [2.45, 2.75) is 39.2 Å². The molecule has 1 aromatic rings. The summed E-state index contributed by atoms with van der Waals surface area (Å²) in [5.74, 6) is 0.753. The van der Waals surface area contributed by atoms with Gasteiger partial charge in [0.2, 0.25) is 0 Å². The van der Waals surface area contributed by atoms with Crippen molar-refractivity contribution in [1.82, 2.24) is 5.32 Å². The SMILES string of the molecule is CCCNCC(CCC)Oc1cc(Br)ccc1Cl. The Balaban J connectivity index is 2.60. The molecule has 1 aromatic carbocycles. The molecule has 4 heteroatoms. The summed E-state index contributed by atoms with van der Waals surface area (Å²) in [5, 5.41) is 4.06. The van der Waals surface area contributed by atoms with Crippen LogP contribution in [-0.2, 0) is 0 Å². The first-order valence-corrected chi connectivity index (χ1v) is 7.66.